The van der Waals surface area contributed by atoms with E-state index in [-0.39, 0.29) is 11.4 Å². The second-order valence-corrected chi connectivity index (χ2v) is 2.06. The molecule has 1 amide bonds. The minimum absolute atomic E-state index is 0.0116. The van der Waals surface area contributed by atoms with Gasteiger partial charge >= 0.3 is 0 Å². The van der Waals surface area contributed by atoms with Crippen LogP contribution in [0.15, 0.2) is 19.0 Å². The maximum absolute atomic E-state index is 11.0. The van der Waals surface area contributed by atoms with Crippen molar-refractivity contribution < 1.29 is 9.59 Å². The smallest absolute Gasteiger partial charge is 0.267 e. The van der Waals surface area contributed by atoms with Crippen LogP contribution in [0.4, 0.5) is 0 Å². The molecule has 1 heterocycles. The number of carbonyl (C=O) groups is 2. The number of amides is 1. The number of primary amides is 1. The fourth-order valence-electron chi connectivity index (χ4n) is 0.766. The largest absolute Gasteiger partial charge is 0.364 e. The number of imidazole rings is 1. The topological polar surface area (TPSA) is 88.8 Å². The van der Waals surface area contributed by atoms with Crippen molar-refractivity contribution in [2.45, 2.75) is 0 Å². The molecule has 5 heteroatoms. The maximum atomic E-state index is 11.0. The molecule has 0 aromatic carbocycles. The van der Waals surface area contributed by atoms with E-state index in [2.05, 4.69) is 16.5 Å². The number of allylic oxidation sites excluding steroid dienone is 1. The van der Waals surface area contributed by atoms with Crippen LogP contribution in [0.25, 0.3) is 0 Å². The number of nitrogens with one attached hydrogen (secondary N) is 1. The van der Waals surface area contributed by atoms with E-state index >= 15 is 0 Å². The fraction of sp³-hybridized carbons (Fsp3) is 0. The molecule has 5 nitrogen and oxygen atoms in total. The number of hydrogen-bond acceptors (Lipinski definition) is 3. The molecule has 0 saturated heterocycles. The lowest BCUT2D eigenvalue weighted by atomic mass is 10.2. The average Bonchev–Trinajstić information content (AvgIpc) is 2.50. The van der Waals surface area contributed by atoms with Gasteiger partial charge in [-0.25, -0.2) is 4.98 Å². The highest BCUT2D eigenvalue weighted by atomic mass is 16.1. The second kappa shape index (κ2) is 3.00. The molecule has 62 valence electrons. The first-order valence-corrected chi connectivity index (χ1v) is 3.16. The first kappa shape index (κ1) is 8.19. The number of hydrogen-bond donors (Lipinski definition) is 2. The van der Waals surface area contributed by atoms with E-state index in [1.165, 1.54) is 6.33 Å². The molecule has 0 fully saturated rings. The molecule has 1 aromatic rings. The van der Waals surface area contributed by atoms with Gasteiger partial charge in [-0.1, -0.05) is 6.58 Å². The van der Waals surface area contributed by atoms with Crippen LogP contribution < -0.4 is 5.73 Å². The number of rotatable bonds is 3. The Morgan fingerprint density at radius 2 is 2.33 bits per heavy atom. The number of H-pyrrole nitrogens is 1. The zero-order chi connectivity index (χ0) is 9.14. The van der Waals surface area contributed by atoms with Crippen molar-refractivity contribution in [1.29, 1.82) is 0 Å². The van der Waals surface area contributed by atoms with Gasteiger partial charge in [-0.3, -0.25) is 9.59 Å². The summed E-state index contributed by atoms with van der Waals surface area (Å²) in [6.45, 7) is 3.26. The van der Waals surface area contributed by atoms with Crippen LogP contribution in [0.3, 0.4) is 0 Å². The Morgan fingerprint density at radius 3 is 2.83 bits per heavy atom. The highest BCUT2D eigenvalue weighted by molar-refractivity contribution is 6.09. The SMILES string of the molecule is C=CC(=O)c1nc[nH]c1C(N)=O. The lowest BCUT2D eigenvalue weighted by Crippen LogP contribution is -2.15. The Morgan fingerprint density at radius 1 is 1.67 bits per heavy atom. The third kappa shape index (κ3) is 1.24. The monoisotopic (exact) mass is 165 g/mol. The summed E-state index contributed by atoms with van der Waals surface area (Å²) in [4.78, 5) is 27.8. The summed E-state index contributed by atoms with van der Waals surface area (Å²) in [7, 11) is 0. The van der Waals surface area contributed by atoms with E-state index in [1.807, 2.05) is 0 Å². The molecule has 0 aliphatic rings. The molecule has 0 atom stereocenters. The molecular formula is C7H7N3O2. The van der Waals surface area contributed by atoms with Gasteiger partial charge in [0.05, 0.1) is 6.33 Å². The molecule has 0 spiro atoms. The predicted octanol–water partition coefficient (Wildman–Crippen LogP) is -0.123. The van der Waals surface area contributed by atoms with Gasteiger partial charge in [-0.15, -0.1) is 0 Å². The number of nitrogens with two attached hydrogens (primary N) is 1. The summed E-state index contributed by atoms with van der Waals surface area (Å²) >= 11 is 0. The molecule has 0 unspecified atom stereocenters. The molecule has 1 aromatic heterocycles. The van der Waals surface area contributed by atoms with E-state index in [0.29, 0.717) is 0 Å². The number of aromatic nitrogens is 2. The molecule has 0 aliphatic carbocycles. The van der Waals surface area contributed by atoms with E-state index < -0.39 is 11.7 Å². The van der Waals surface area contributed by atoms with E-state index in [4.69, 9.17) is 5.73 Å². The van der Waals surface area contributed by atoms with E-state index in [0.717, 1.165) is 6.08 Å². The predicted molar refractivity (Wildman–Crippen MR) is 41.6 cm³/mol. The normalized spacial score (nSPS) is 9.33. The van der Waals surface area contributed by atoms with Crippen molar-refractivity contribution in [2.75, 3.05) is 0 Å². The van der Waals surface area contributed by atoms with Crippen LogP contribution in [0.2, 0.25) is 0 Å². The third-order valence-corrected chi connectivity index (χ3v) is 1.30. The van der Waals surface area contributed by atoms with Crippen LogP contribution >= 0.6 is 0 Å². The van der Waals surface area contributed by atoms with Crippen LogP contribution in [0.1, 0.15) is 21.0 Å². The second-order valence-electron chi connectivity index (χ2n) is 2.06. The first-order valence-electron chi connectivity index (χ1n) is 3.16. The van der Waals surface area contributed by atoms with Crippen molar-refractivity contribution in [2.24, 2.45) is 5.73 Å². The van der Waals surface area contributed by atoms with Crippen molar-refractivity contribution in [3.63, 3.8) is 0 Å². The quantitative estimate of drug-likeness (QED) is 0.483. The molecule has 0 saturated carbocycles. The summed E-state index contributed by atoms with van der Waals surface area (Å²) in [5, 5.41) is 0. The lowest BCUT2D eigenvalue weighted by molar-refractivity contribution is 0.0978. The number of ketones is 1. The first-order chi connectivity index (χ1) is 5.66. The Bertz CT molecular complexity index is 340. The van der Waals surface area contributed by atoms with Crippen LogP contribution in [-0.4, -0.2) is 21.7 Å². The Labute approximate surface area is 68.3 Å². The highest BCUT2D eigenvalue weighted by Gasteiger charge is 2.15. The van der Waals surface area contributed by atoms with Crippen molar-refractivity contribution in [1.82, 2.24) is 9.97 Å². The number of aromatic amines is 1. The molecule has 3 N–H and O–H groups in total. The van der Waals surface area contributed by atoms with Gasteiger partial charge in [-0.2, -0.15) is 0 Å². The molecule has 0 bridgehead atoms. The standard InChI is InChI=1S/C7H7N3O2/c1-2-4(11)5-6(7(8)12)10-3-9-5/h2-3H,1H2,(H2,8,12)(H,9,10). The summed E-state index contributed by atoms with van der Waals surface area (Å²) in [6.07, 6.45) is 2.30. The van der Waals surface area contributed by atoms with Crippen molar-refractivity contribution in [3.8, 4) is 0 Å². The maximum Gasteiger partial charge on any atom is 0.267 e. The lowest BCUT2D eigenvalue weighted by Gasteiger charge is -1.91. The summed E-state index contributed by atoms with van der Waals surface area (Å²) in [5.74, 6) is -1.14. The Kier molecular flexibility index (Phi) is 2.05. The van der Waals surface area contributed by atoms with Crippen LogP contribution in [0.5, 0.6) is 0 Å². The van der Waals surface area contributed by atoms with Gasteiger partial charge in [0.2, 0.25) is 5.78 Å². The zero-order valence-corrected chi connectivity index (χ0v) is 6.20. The summed E-state index contributed by atoms with van der Waals surface area (Å²) in [5.41, 5.74) is 4.98. The Balaban J connectivity index is 3.15. The molecule has 1 rings (SSSR count). The fourth-order valence-corrected chi connectivity index (χ4v) is 0.766. The van der Waals surface area contributed by atoms with Crippen LogP contribution in [0, 0.1) is 0 Å². The minimum Gasteiger partial charge on any atom is -0.364 e. The summed E-state index contributed by atoms with van der Waals surface area (Å²) < 4.78 is 0. The summed E-state index contributed by atoms with van der Waals surface area (Å²) in [6, 6.07) is 0. The molecule has 0 radical (unpaired) electrons. The van der Waals surface area contributed by atoms with Crippen molar-refractivity contribution in [3.05, 3.63) is 30.4 Å². The average molecular weight is 165 g/mol. The van der Waals surface area contributed by atoms with E-state index in [9.17, 15) is 9.59 Å². The molecule has 0 aliphatic heterocycles. The number of carbonyl (C=O) groups excluding carboxylic acids is 2. The van der Waals surface area contributed by atoms with E-state index in [1.54, 1.807) is 0 Å². The highest BCUT2D eigenvalue weighted by Crippen LogP contribution is 2.02. The van der Waals surface area contributed by atoms with Gasteiger partial charge in [0.25, 0.3) is 5.91 Å². The third-order valence-electron chi connectivity index (χ3n) is 1.30. The number of nitrogens with zero attached hydrogens (tertiary/aromatic N) is 1. The van der Waals surface area contributed by atoms with Gasteiger partial charge < -0.3 is 10.7 Å². The van der Waals surface area contributed by atoms with Gasteiger partial charge in [0.1, 0.15) is 11.4 Å². The van der Waals surface area contributed by atoms with Crippen LogP contribution in [-0.2, 0) is 0 Å². The zero-order valence-electron chi connectivity index (χ0n) is 6.20. The van der Waals surface area contributed by atoms with Gasteiger partial charge in [0, 0.05) is 0 Å². The molecular weight excluding hydrogens is 158 g/mol. The molecule has 12 heavy (non-hydrogen) atoms. The van der Waals surface area contributed by atoms with Gasteiger partial charge in [0.15, 0.2) is 0 Å². The minimum atomic E-state index is -0.710. The van der Waals surface area contributed by atoms with Gasteiger partial charge in [-0.05, 0) is 6.08 Å². The van der Waals surface area contributed by atoms with Crippen molar-refractivity contribution >= 4 is 11.7 Å². The Hall–Kier alpha value is -1.91.